The standard InChI is InChI=1S/C27H37N3O3S/c31-27(28-25-11-8-18-29(22-25)21-24-9-4-3-5-10-24)17-14-23-12-15-26(16-13-23)34(32,33)30-19-6-1-2-7-20-30/h3-5,9-10,12-13,15-16,25H,1-2,6-8,11,14,17-22H2,(H,28,31). The van der Waals surface area contributed by atoms with Gasteiger partial charge in [-0.15, -0.1) is 0 Å². The first-order valence-corrected chi connectivity index (χ1v) is 14.1. The van der Waals surface area contributed by atoms with Gasteiger partial charge >= 0.3 is 0 Å². The number of hydrogen-bond acceptors (Lipinski definition) is 4. The fourth-order valence-electron chi connectivity index (χ4n) is 4.98. The van der Waals surface area contributed by atoms with Crippen LogP contribution in [0.2, 0.25) is 0 Å². The summed E-state index contributed by atoms with van der Waals surface area (Å²) >= 11 is 0. The molecular weight excluding hydrogens is 446 g/mol. The van der Waals surface area contributed by atoms with Crippen LogP contribution in [0.15, 0.2) is 59.5 Å². The van der Waals surface area contributed by atoms with Crippen molar-refractivity contribution in [1.29, 1.82) is 0 Å². The highest BCUT2D eigenvalue weighted by Gasteiger charge is 2.25. The van der Waals surface area contributed by atoms with E-state index in [0.717, 1.165) is 63.7 Å². The van der Waals surface area contributed by atoms with Crippen LogP contribution < -0.4 is 5.32 Å². The minimum absolute atomic E-state index is 0.0628. The van der Waals surface area contributed by atoms with Gasteiger partial charge < -0.3 is 5.32 Å². The second-order valence-corrected chi connectivity index (χ2v) is 11.5. The van der Waals surface area contributed by atoms with Gasteiger partial charge in [0.25, 0.3) is 0 Å². The molecule has 2 heterocycles. The van der Waals surface area contributed by atoms with Gasteiger partial charge in [-0.3, -0.25) is 9.69 Å². The van der Waals surface area contributed by atoms with Gasteiger partial charge in [0.1, 0.15) is 0 Å². The van der Waals surface area contributed by atoms with Crippen LogP contribution in [0.5, 0.6) is 0 Å². The molecule has 4 rings (SSSR count). The molecule has 7 heteroatoms. The van der Waals surface area contributed by atoms with Crippen LogP contribution in [0.4, 0.5) is 0 Å². The van der Waals surface area contributed by atoms with Gasteiger partial charge in [0, 0.05) is 38.6 Å². The van der Waals surface area contributed by atoms with E-state index < -0.39 is 10.0 Å². The van der Waals surface area contributed by atoms with Gasteiger partial charge in [-0.25, -0.2) is 8.42 Å². The van der Waals surface area contributed by atoms with Crippen molar-refractivity contribution in [3.05, 3.63) is 65.7 Å². The maximum absolute atomic E-state index is 12.9. The van der Waals surface area contributed by atoms with Crippen LogP contribution in [0, 0.1) is 0 Å². The Morgan fingerprint density at radius 3 is 2.26 bits per heavy atom. The smallest absolute Gasteiger partial charge is 0.243 e. The third-order valence-electron chi connectivity index (χ3n) is 6.89. The minimum atomic E-state index is -3.43. The van der Waals surface area contributed by atoms with Crippen LogP contribution in [-0.2, 0) is 27.8 Å². The number of likely N-dealkylation sites (tertiary alicyclic amines) is 1. The van der Waals surface area contributed by atoms with Gasteiger partial charge in [0.05, 0.1) is 4.90 Å². The zero-order valence-corrected chi connectivity index (χ0v) is 20.8. The highest BCUT2D eigenvalue weighted by atomic mass is 32.2. The van der Waals surface area contributed by atoms with Crippen LogP contribution >= 0.6 is 0 Å². The molecule has 0 radical (unpaired) electrons. The summed E-state index contributed by atoms with van der Waals surface area (Å²) in [5.74, 6) is 0.0628. The normalized spacial score (nSPS) is 20.5. The summed E-state index contributed by atoms with van der Waals surface area (Å²) in [4.78, 5) is 15.3. The third-order valence-corrected chi connectivity index (χ3v) is 8.80. The van der Waals surface area contributed by atoms with Crippen molar-refractivity contribution in [3.63, 3.8) is 0 Å². The first-order valence-electron chi connectivity index (χ1n) is 12.7. The summed E-state index contributed by atoms with van der Waals surface area (Å²) in [6, 6.07) is 17.7. The molecule has 2 aromatic carbocycles. The van der Waals surface area contributed by atoms with Gasteiger partial charge in [0.2, 0.25) is 15.9 Å². The van der Waals surface area contributed by atoms with Crippen molar-refractivity contribution >= 4 is 15.9 Å². The molecule has 34 heavy (non-hydrogen) atoms. The van der Waals surface area contributed by atoms with Crippen molar-refractivity contribution in [2.45, 2.75) is 68.8 Å². The molecule has 0 saturated carbocycles. The summed E-state index contributed by atoms with van der Waals surface area (Å²) in [5, 5.41) is 3.21. The molecule has 0 aromatic heterocycles. The van der Waals surface area contributed by atoms with E-state index >= 15 is 0 Å². The van der Waals surface area contributed by atoms with Gasteiger partial charge in [-0.1, -0.05) is 55.3 Å². The van der Waals surface area contributed by atoms with Crippen molar-refractivity contribution in [2.75, 3.05) is 26.2 Å². The predicted octanol–water partition coefficient (Wildman–Crippen LogP) is 3.96. The average molecular weight is 484 g/mol. The molecular formula is C27H37N3O3S. The first-order chi connectivity index (χ1) is 16.5. The summed E-state index contributed by atoms with van der Waals surface area (Å²) in [6.45, 7) is 4.07. The lowest BCUT2D eigenvalue weighted by Gasteiger charge is -2.33. The summed E-state index contributed by atoms with van der Waals surface area (Å²) in [6.07, 6.45) is 7.17. The number of sulfonamides is 1. The van der Waals surface area contributed by atoms with Gasteiger partial charge in [0.15, 0.2) is 0 Å². The van der Waals surface area contributed by atoms with Crippen LogP contribution in [0.25, 0.3) is 0 Å². The molecule has 2 aliphatic heterocycles. The van der Waals surface area contributed by atoms with Crippen LogP contribution in [-0.4, -0.2) is 55.8 Å². The molecule has 0 bridgehead atoms. The zero-order valence-electron chi connectivity index (χ0n) is 20.0. The van der Waals surface area contributed by atoms with E-state index in [9.17, 15) is 13.2 Å². The molecule has 1 unspecified atom stereocenters. The Hall–Kier alpha value is -2.22. The topological polar surface area (TPSA) is 69.7 Å². The van der Waals surface area contributed by atoms with Crippen molar-refractivity contribution in [2.24, 2.45) is 0 Å². The summed E-state index contributed by atoms with van der Waals surface area (Å²) in [7, 11) is -3.43. The van der Waals surface area contributed by atoms with E-state index in [0.29, 0.717) is 30.8 Å². The molecule has 6 nitrogen and oxygen atoms in total. The van der Waals surface area contributed by atoms with E-state index in [1.54, 1.807) is 16.4 Å². The molecule has 0 aliphatic carbocycles. The molecule has 1 N–H and O–H groups in total. The number of rotatable bonds is 8. The lowest BCUT2D eigenvalue weighted by Crippen LogP contribution is -2.47. The Bertz CT molecular complexity index is 1020. The minimum Gasteiger partial charge on any atom is -0.352 e. The number of carbonyl (C=O) groups is 1. The highest BCUT2D eigenvalue weighted by Crippen LogP contribution is 2.21. The van der Waals surface area contributed by atoms with E-state index in [2.05, 4.69) is 34.5 Å². The first kappa shape index (κ1) is 24.9. The molecule has 0 spiro atoms. The maximum atomic E-state index is 12.9. The van der Waals surface area contributed by atoms with Crippen molar-refractivity contribution in [3.8, 4) is 0 Å². The molecule has 1 atom stereocenters. The number of nitrogens with zero attached hydrogens (tertiary/aromatic N) is 2. The lowest BCUT2D eigenvalue weighted by molar-refractivity contribution is -0.122. The fraction of sp³-hybridized carbons (Fsp3) is 0.519. The van der Waals surface area contributed by atoms with Gasteiger partial charge in [-0.05, 0) is 61.9 Å². The number of carbonyl (C=O) groups excluding carboxylic acids is 1. The second-order valence-electron chi connectivity index (χ2n) is 9.59. The summed E-state index contributed by atoms with van der Waals surface area (Å²) in [5.41, 5.74) is 2.29. The van der Waals surface area contributed by atoms with Crippen molar-refractivity contribution < 1.29 is 13.2 Å². The lowest BCUT2D eigenvalue weighted by atomic mass is 10.0. The Balaban J connectivity index is 1.24. The predicted molar refractivity (Wildman–Crippen MR) is 135 cm³/mol. The molecule has 2 fully saturated rings. The number of aryl methyl sites for hydroxylation is 1. The molecule has 2 saturated heterocycles. The van der Waals surface area contributed by atoms with E-state index in [1.807, 2.05) is 18.2 Å². The van der Waals surface area contributed by atoms with E-state index in [1.165, 1.54) is 5.56 Å². The Morgan fingerprint density at radius 1 is 0.853 bits per heavy atom. The SMILES string of the molecule is O=C(CCc1ccc(S(=O)(=O)N2CCCCCC2)cc1)NC1CCCN(Cc2ccccc2)C1. The monoisotopic (exact) mass is 483 g/mol. The Kier molecular flexibility index (Phi) is 8.75. The van der Waals surface area contributed by atoms with Crippen LogP contribution in [0.1, 0.15) is 56.1 Å². The van der Waals surface area contributed by atoms with Gasteiger partial charge in [-0.2, -0.15) is 4.31 Å². The summed E-state index contributed by atoms with van der Waals surface area (Å²) < 4.78 is 27.5. The molecule has 184 valence electrons. The largest absolute Gasteiger partial charge is 0.352 e. The molecule has 2 aliphatic rings. The number of amides is 1. The Labute approximate surface area is 204 Å². The number of hydrogen-bond donors (Lipinski definition) is 1. The third kappa shape index (κ3) is 6.90. The Morgan fingerprint density at radius 2 is 1.56 bits per heavy atom. The number of piperidine rings is 1. The number of benzene rings is 2. The van der Waals surface area contributed by atoms with Crippen LogP contribution in [0.3, 0.4) is 0 Å². The zero-order chi connectivity index (χ0) is 23.8. The average Bonchev–Trinajstić information content (AvgIpc) is 3.14. The molecule has 1 amide bonds. The highest BCUT2D eigenvalue weighted by molar-refractivity contribution is 7.89. The fourth-order valence-corrected chi connectivity index (χ4v) is 6.49. The van der Waals surface area contributed by atoms with E-state index in [-0.39, 0.29) is 11.9 Å². The maximum Gasteiger partial charge on any atom is 0.243 e. The van der Waals surface area contributed by atoms with Crippen molar-refractivity contribution in [1.82, 2.24) is 14.5 Å². The molecule has 2 aromatic rings. The second kappa shape index (κ2) is 12.0. The number of nitrogens with one attached hydrogen (secondary N) is 1. The van der Waals surface area contributed by atoms with E-state index in [4.69, 9.17) is 0 Å². The quantitative estimate of drug-likeness (QED) is 0.617.